The Bertz CT molecular complexity index is 370. The Hall–Kier alpha value is -0.790. The second-order valence-corrected chi connectivity index (χ2v) is 4.95. The summed E-state index contributed by atoms with van der Waals surface area (Å²) in [5.74, 6) is 0.709. The fourth-order valence-corrected chi connectivity index (χ4v) is 2.31. The Morgan fingerprint density at radius 1 is 1.42 bits per heavy atom. The molecule has 19 heavy (non-hydrogen) atoms. The van der Waals surface area contributed by atoms with Crippen LogP contribution in [0, 0.1) is 0 Å². The molecule has 0 aliphatic heterocycles. The van der Waals surface area contributed by atoms with E-state index in [0.717, 1.165) is 18.7 Å². The maximum absolute atomic E-state index is 12.3. The highest BCUT2D eigenvalue weighted by Gasteiger charge is 2.30. The van der Waals surface area contributed by atoms with Gasteiger partial charge >= 0.3 is 6.18 Å². The zero-order valence-electron chi connectivity index (χ0n) is 10.6. The van der Waals surface area contributed by atoms with Crippen molar-refractivity contribution in [2.45, 2.75) is 30.7 Å². The molecule has 108 valence electrons. The van der Waals surface area contributed by atoms with Crippen LogP contribution in [0.25, 0.3) is 0 Å². The highest BCUT2D eigenvalue weighted by molar-refractivity contribution is 7.99. The third-order valence-corrected chi connectivity index (χ3v) is 3.40. The predicted octanol–water partition coefficient (Wildman–Crippen LogP) is 2.95. The molecule has 0 saturated heterocycles. The highest BCUT2D eigenvalue weighted by Crippen LogP contribution is 2.29. The van der Waals surface area contributed by atoms with Gasteiger partial charge in [-0.05, 0) is 25.5 Å². The van der Waals surface area contributed by atoms with Gasteiger partial charge in [0.15, 0.2) is 0 Å². The van der Waals surface area contributed by atoms with Crippen LogP contribution in [0.15, 0.2) is 23.4 Å². The SMILES string of the molecule is CCOC(CN)CCSc1ccc(C(F)(F)F)cn1. The molecule has 1 heterocycles. The molecule has 2 N–H and O–H groups in total. The quantitative estimate of drug-likeness (QED) is 0.785. The van der Waals surface area contributed by atoms with Crippen molar-refractivity contribution in [1.82, 2.24) is 4.98 Å². The molecule has 1 aromatic rings. The van der Waals surface area contributed by atoms with Gasteiger partial charge in [0.25, 0.3) is 0 Å². The van der Waals surface area contributed by atoms with E-state index in [0.29, 0.717) is 23.9 Å². The largest absolute Gasteiger partial charge is 0.417 e. The fraction of sp³-hybridized carbons (Fsp3) is 0.583. The lowest BCUT2D eigenvalue weighted by molar-refractivity contribution is -0.137. The molecular formula is C12H17F3N2OS. The van der Waals surface area contributed by atoms with Gasteiger partial charge in [-0.2, -0.15) is 13.2 Å². The lowest BCUT2D eigenvalue weighted by Gasteiger charge is -2.14. The molecule has 1 aromatic heterocycles. The first kappa shape index (κ1) is 16.3. The first-order valence-electron chi connectivity index (χ1n) is 5.95. The third kappa shape index (κ3) is 5.80. The minimum absolute atomic E-state index is 0.00746. The second-order valence-electron chi connectivity index (χ2n) is 3.83. The van der Waals surface area contributed by atoms with E-state index in [1.54, 1.807) is 0 Å². The molecule has 0 aliphatic rings. The van der Waals surface area contributed by atoms with Gasteiger partial charge < -0.3 is 10.5 Å². The van der Waals surface area contributed by atoms with E-state index in [2.05, 4.69) is 4.98 Å². The standard InChI is InChI=1S/C12H17F3N2OS/c1-2-18-10(7-16)5-6-19-11-4-3-9(8-17-11)12(13,14)15/h3-4,8,10H,2,5-7,16H2,1H3. The van der Waals surface area contributed by atoms with Crippen molar-refractivity contribution in [2.24, 2.45) is 5.73 Å². The Morgan fingerprint density at radius 3 is 2.63 bits per heavy atom. The molecular weight excluding hydrogens is 277 g/mol. The molecule has 1 rings (SSSR count). The van der Waals surface area contributed by atoms with Crippen LogP contribution in [0.1, 0.15) is 18.9 Å². The monoisotopic (exact) mass is 294 g/mol. The molecule has 0 amide bonds. The van der Waals surface area contributed by atoms with Crippen molar-refractivity contribution in [3.05, 3.63) is 23.9 Å². The van der Waals surface area contributed by atoms with Gasteiger partial charge in [-0.15, -0.1) is 11.8 Å². The number of halogens is 3. The topological polar surface area (TPSA) is 48.1 Å². The summed E-state index contributed by atoms with van der Waals surface area (Å²) in [6.07, 6.45) is -2.74. The van der Waals surface area contributed by atoms with E-state index < -0.39 is 11.7 Å². The summed E-state index contributed by atoms with van der Waals surface area (Å²) >= 11 is 1.40. The van der Waals surface area contributed by atoms with Crippen LogP contribution in [-0.2, 0) is 10.9 Å². The van der Waals surface area contributed by atoms with Gasteiger partial charge in [0.1, 0.15) is 0 Å². The van der Waals surface area contributed by atoms with E-state index in [1.807, 2.05) is 6.92 Å². The lowest BCUT2D eigenvalue weighted by Crippen LogP contribution is -2.24. The first-order chi connectivity index (χ1) is 8.97. The summed E-state index contributed by atoms with van der Waals surface area (Å²) in [6.45, 7) is 2.94. The van der Waals surface area contributed by atoms with Crippen LogP contribution < -0.4 is 5.73 Å². The summed E-state index contributed by atoms with van der Waals surface area (Å²) in [4.78, 5) is 3.78. The average Bonchev–Trinajstić information content (AvgIpc) is 2.37. The summed E-state index contributed by atoms with van der Waals surface area (Å²) in [5.41, 5.74) is 4.80. The van der Waals surface area contributed by atoms with Gasteiger partial charge in [-0.25, -0.2) is 4.98 Å². The zero-order valence-corrected chi connectivity index (χ0v) is 11.4. The molecule has 7 heteroatoms. The number of pyridine rings is 1. The van der Waals surface area contributed by atoms with Crippen molar-refractivity contribution in [3.8, 4) is 0 Å². The summed E-state index contributed by atoms with van der Waals surface area (Å²) in [5, 5.41) is 0.570. The molecule has 0 aliphatic carbocycles. The van der Waals surface area contributed by atoms with Crippen molar-refractivity contribution in [1.29, 1.82) is 0 Å². The molecule has 0 fully saturated rings. The van der Waals surface area contributed by atoms with Crippen LogP contribution in [-0.4, -0.2) is 30.0 Å². The molecule has 0 spiro atoms. The zero-order chi connectivity index (χ0) is 14.3. The van der Waals surface area contributed by atoms with Gasteiger partial charge in [-0.1, -0.05) is 0 Å². The number of hydrogen-bond acceptors (Lipinski definition) is 4. The van der Waals surface area contributed by atoms with Crippen LogP contribution >= 0.6 is 11.8 Å². The summed E-state index contributed by atoms with van der Waals surface area (Å²) in [7, 11) is 0. The second kappa shape index (κ2) is 7.72. The number of nitrogens with two attached hydrogens (primary N) is 1. The minimum Gasteiger partial charge on any atom is -0.377 e. The number of hydrogen-bond donors (Lipinski definition) is 1. The molecule has 0 saturated carbocycles. The average molecular weight is 294 g/mol. The molecule has 1 atom stereocenters. The normalized spacial score (nSPS) is 13.5. The van der Waals surface area contributed by atoms with Crippen LogP contribution in [0.5, 0.6) is 0 Å². The van der Waals surface area contributed by atoms with E-state index >= 15 is 0 Å². The number of alkyl halides is 3. The predicted molar refractivity (Wildman–Crippen MR) is 69.0 cm³/mol. The van der Waals surface area contributed by atoms with Gasteiger partial charge in [-0.3, -0.25) is 0 Å². The lowest BCUT2D eigenvalue weighted by atomic mass is 10.3. The number of aromatic nitrogens is 1. The summed E-state index contributed by atoms with van der Waals surface area (Å²) in [6, 6.07) is 2.42. The number of ether oxygens (including phenoxy) is 1. The van der Waals surface area contributed by atoms with E-state index in [1.165, 1.54) is 17.8 Å². The van der Waals surface area contributed by atoms with Crippen LogP contribution in [0.4, 0.5) is 13.2 Å². The van der Waals surface area contributed by atoms with Crippen LogP contribution in [0.2, 0.25) is 0 Å². The minimum atomic E-state index is -4.34. The molecule has 0 aromatic carbocycles. The smallest absolute Gasteiger partial charge is 0.377 e. The number of rotatable bonds is 7. The Morgan fingerprint density at radius 2 is 2.16 bits per heavy atom. The molecule has 1 unspecified atom stereocenters. The molecule has 0 bridgehead atoms. The molecule has 3 nitrogen and oxygen atoms in total. The van der Waals surface area contributed by atoms with Crippen molar-refractivity contribution in [3.63, 3.8) is 0 Å². The molecule has 0 radical (unpaired) electrons. The summed E-state index contributed by atoms with van der Waals surface area (Å²) < 4.78 is 42.4. The number of nitrogens with zero attached hydrogens (tertiary/aromatic N) is 1. The first-order valence-corrected chi connectivity index (χ1v) is 6.93. The Labute approximate surface area is 114 Å². The van der Waals surface area contributed by atoms with E-state index in [4.69, 9.17) is 10.5 Å². The van der Waals surface area contributed by atoms with Crippen molar-refractivity contribution >= 4 is 11.8 Å². The van der Waals surface area contributed by atoms with Crippen LogP contribution in [0.3, 0.4) is 0 Å². The Balaban J connectivity index is 2.42. The van der Waals surface area contributed by atoms with E-state index in [9.17, 15) is 13.2 Å². The highest BCUT2D eigenvalue weighted by atomic mass is 32.2. The third-order valence-electron chi connectivity index (χ3n) is 2.42. The Kier molecular flexibility index (Phi) is 6.60. The van der Waals surface area contributed by atoms with Gasteiger partial charge in [0.2, 0.25) is 0 Å². The van der Waals surface area contributed by atoms with Crippen molar-refractivity contribution < 1.29 is 17.9 Å². The maximum Gasteiger partial charge on any atom is 0.417 e. The van der Waals surface area contributed by atoms with Crippen molar-refractivity contribution in [2.75, 3.05) is 18.9 Å². The maximum atomic E-state index is 12.3. The number of thioether (sulfide) groups is 1. The van der Waals surface area contributed by atoms with Gasteiger partial charge in [0, 0.05) is 25.1 Å². The van der Waals surface area contributed by atoms with Gasteiger partial charge in [0.05, 0.1) is 16.7 Å². The van der Waals surface area contributed by atoms with E-state index in [-0.39, 0.29) is 6.10 Å². The fourth-order valence-electron chi connectivity index (χ4n) is 1.43.